The molecule has 0 aliphatic carbocycles. The lowest BCUT2D eigenvalue weighted by molar-refractivity contribution is -0.123. The predicted molar refractivity (Wildman–Crippen MR) is 60.0 cm³/mol. The smallest absolute Gasteiger partial charge is 0.407 e. The minimum Gasteiger partial charge on any atom is -0.444 e. The molecule has 0 aromatic heterocycles. The van der Waals surface area contributed by atoms with Gasteiger partial charge in [0.2, 0.25) is 5.91 Å². The third-order valence-corrected chi connectivity index (χ3v) is 2.28. The Morgan fingerprint density at radius 3 is 2.81 bits per heavy atom. The van der Waals surface area contributed by atoms with Gasteiger partial charge in [-0.2, -0.15) is 0 Å². The number of amides is 2. The van der Waals surface area contributed by atoms with Crippen LogP contribution in [0.1, 0.15) is 33.6 Å². The number of nitrogens with one attached hydrogen (secondary N) is 2. The predicted octanol–water partition coefficient (Wildman–Crippen LogP) is 1.04. The molecule has 1 aliphatic heterocycles. The molecule has 1 heterocycles. The van der Waals surface area contributed by atoms with Crippen molar-refractivity contribution < 1.29 is 14.3 Å². The maximum atomic E-state index is 11.3. The van der Waals surface area contributed by atoms with Crippen molar-refractivity contribution in [3.63, 3.8) is 0 Å². The molecular formula is C11H20N2O3. The van der Waals surface area contributed by atoms with Crippen LogP contribution in [0.5, 0.6) is 0 Å². The maximum Gasteiger partial charge on any atom is 0.407 e. The summed E-state index contributed by atoms with van der Waals surface area (Å²) < 4.78 is 5.11. The first-order valence-corrected chi connectivity index (χ1v) is 5.60. The first-order valence-electron chi connectivity index (χ1n) is 5.60. The number of hydrogen-bond donors (Lipinski definition) is 2. The Bertz CT molecular complexity index is 271. The number of carbonyl (C=O) groups excluding carboxylic acids is 2. The van der Waals surface area contributed by atoms with E-state index in [0.717, 1.165) is 6.42 Å². The molecular weight excluding hydrogens is 208 g/mol. The summed E-state index contributed by atoms with van der Waals surface area (Å²) in [5, 5.41) is 5.44. The van der Waals surface area contributed by atoms with Crippen molar-refractivity contribution in [1.82, 2.24) is 10.6 Å². The average Bonchev–Trinajstić information content (AvgIpc) is 2.12. The van der Waals surface area contributed by atoms with Gasteiger partial charge in [-0.1, -0.05) is 0 Å². The van der Waals surface area contributed by atoms with Crippen molar-refractivity contribution in [2.45, 2.75) is 39.2 Å². The van der Waals surface area contributed by atoms with Crippen LogP contribution in [0.3, 0.4) is 0 Å². The van der Waals surface area contributed by atoms with E-state index in [4.69, 9.17) is 4.74 Å². The highest BCUT2D eigenvalue weighted by Crippen LogP contribution is 2.12. The van der Waals surface area contributed by atoms with E-state index in [-0.39, 0.29) is 11.8 Å². The zero-order valence-corrected chi connectivity index (χ0v) is 10.1. The van der Waals surface area contributed by atoms with Gasteiger partial charge in [-0.15, -0.1) is 0 Å². The molecule has 1 unspecified atom stereocenters. The van der Waals surface area contributed by atoms with Gasteiger partial charge in [0.1, 0.15) is 5.60 Å². The first kappa shape index (κ1) is 12.8. The SMILES string of the molecule is CC(C)(C)OC(=O)NCC1CCNC(=O)C1. The van der Waals surface area contributed by atoms with Crippen LogP contribution < -0.4 is 10.6 Å². The maximum absolute atomic E-state index is 11.3. The number of carbonyl (C=O) groups is 2. The van der Waals surface area contributed by atoms with Crippen molar-refractivity contribution >= 4 is 12.0 Å². The van der Waals surface area contributed by atoms with E-state index in [1.165, 1.54) is 0 Å². The molecule has 0 aromatic rings. The fourth-order valence-corrected chi connectivity index (χ4v) is 1.57. The quantitative estimate of drug-likeness (QED) is 0.742. The summed E-state index contributed by atoms with van der Waals surface area (Å²) in [4.78, 5) is 22.4. The summed E-state index contributed by atoms with van der Waals surface area (Å²) in [5.41, 5.74) is -0.478. The molecule has 1 fully saturated rings. The van der Waals surface area contributed by atoms with Crippen molar-refractivity contribution in [1.29, 1.82) is 0 Å². The topological polar surface area (TPSA) is 67.4 Å². The summed E-state index contributed by atoms with van der Waals surface area (Å²) in [5.74, 6) is 0.281. The lowest BCUT2D eigenvalue weighted by Crippen LogP contribution is -2.40. The first-order chi connectivity index (χ1) is 7.37. The lowest BCUT2D eigenvalue weighted by atomic mass is 9.98. The number of rotatable bonds is 2. The summed E-state index contributed by atoms with van der Waals surface area (Å²) in [7, 11) is 0. The fourth-order valence-electron chi connectivity index (χ4n) is 1.57. The number of ether oxygens (including phenoxy) is 1. The molecule has 5 nitrogen and oxygen atoms in total. The molecule has 5 heteroatoms. The second-order valence-corrected chi connectivity index (χ2v) is 5.09. The van der Waals surface area contributed by atoms with Gasteiger partial charge in [0.05, 0.1) is 0 Å². The molecule has 0 saturated carbocycles. The van der Waals surface area contributed by atoms with E-state index in [9.17, 15) is 9.59 Å². The number of hydrogen-bond acceptors (Lipinski definition) is 3. The fraction of sp³-hybridized carbons (Fsp3) is 0.818. The molecule has 0 radical (unpaired) electrons. The second-order valence-electron chi connectivity index (χ2n) is 5.09. The van der Waals surface area contributed by atoms with Gasteiger partial charge in [-0.3, -0.25) is 4.79 Å². The van der Waals surface area contributed by atoms with Crippen LogP contribution >= 0.6 is 0 Å². The highest BCUT2D eigenvalue weighted by atomic mass is 16.6. The highest BCUT2D eigenvalue weighted by Gasteiger charge is 2.21. The Balaban J connectivity index is 2.23. The van der Waals surface area contributed by atoms with E-state index in [1.54, 1.807) is 0 Å². The molecule has 92 valence electrons. The summed E-state index contributed by atoms with van der Waals surface area (Å²) >= 11 is 0. The van der Waals surface area contributed by atoms with Crippen molar-refractivity contribution in [3.05, 3.63) is 0 Å². The van der Waals surface area contributed by atoms with Gasteiger partial charge in [0, 0.05) is 19.5 Å². The molecule has 1 saturated heterocycles. The molecule has 0 spiro atoms. The minimum atomic E-state index is -0.478. The molecule has 2 amide bonds. The molecule has 16 heavy (non-hydrogen) atoms. The van der Waals surface area contributed by atoms with Gasteiger partial charge >= 0.3 is 6.09 Å². The van der Waals surface area contributed by atoms with Crippen molar-refractivity contribution in [3.8, 4) is 0 Å². The van der Waals surface area contributed by atoms with E-state index < -0.39 is 11.7 Å². The van der Waals surface area contributed by atoms with Crippen LogP contribution in [-0.4, -0.2) is 30.7 Å². The largest absolute Gasteiger partial charge is 0.444 e. The van der Waals surface area contributed by atoms with Gasteiger partial charge < -0.3 is 15.4 Å². The van der Waals surface area contributed by atoms with Crippen LogP contribution in [0, 0.1) is 5.92 Å². The van der Waals surface area contributed by atoms with Crippen LogP contribution in [0.15, 0.2) is 0 Å². The van der Waals surface area contributed by atoms with Crippen LogP contribution in [0.2, 0.25) is 0 Å². The van der Waals surface area contributed by atoms with E-state index >= 15 is 0 Å². The molecule has 1 atom stereocenters. The Morgan fingerprint density at radius 2 is 2.25 bits per heavy atom. The van der Waals surface area contributed by atoms with Crippen molar-refractivity contribution in [2.24, 2.45) is 5.92 Å². The van der Waals surface area contributed by atoms with Crippen LogP contribution in [0.25, 0.3) is 0 Å². The molecule has 0 aromatic carbocycles. The molecule has 0 bridgehead atoms. The van der Waals surface area contributed by atoms with Gasteiger partial charge in [0.25, 0.3) is 0 Å². The Hall–Kier alpha value is -1.26. The zero-order valence-electron chi connectivity index (χ0n) is 10.1. The standard InChI is InChI=1S/C11H20N2O3/c1-11(2,3)16-10(15)13-7-8-4-5-12-9(14)6-8/h8H,4-7H2,1-3H3,(H,12,14)(H,13,15). The zero-order chi connectivity index (χ0) is 12.2. The second kappa shape index (κ2) is 5.18. The van der Waals surface area contributed by atoms with Crippen molar-refractivity contribution in [2.75, 3.05) is 13.1 Å². The van der Waals surface area contributed by atoms with Crippen LogP contribution in [-0.2, 0) is 9.53 Å². The van der Waals surface area contributed by atoms with Crippen LogP contribution in [0.4, 0.5) is 4.79 Å². The Labute approximate surface area is 95.9 Å². The third kappa shape index (κ3) is 5.00. The van der Waals surface area contributed by atoms with Gasteiger partial charge in [-0.25, -0.2) is 4.79 Å². The van der Waals surface area contributed by atoms with E-state index in [1.807, 2.05) is 20.8 Å². The monoisotopic (exact) mass is 228 g/mol. The molecule has 1 aliphatic rings. The normalized spacial score (nSPS) is 21.2. The Morgan fingerprint density at radius 1 is 1.56 bits per heavy atom. The van der Waals surface area contributed by atoms with Gasteiger partial charge in [-0.05, 0) is 33.1 Å². The van der Waals surface area contributed by atoms with Gasteiger partial charge in [0.15, 0.2) is 0 Å². The third-order valence-electron chi connectivity index (χ3n) is 2.28. The minimum absolute atomic E-state index is 0.0576. The molecule has 2 N–H and O–H groups in total. The highest BCUT2D eigenvalue weighted by molar-refractivity contribution is 5.77. The van der Waals surface area contributed by atoms with E-state index in [2.05, 4.69) is 10.6 Å². The summed E-state index contributed by atoms with van der Waals surface area (Å²) in [6.45, 7) is 6.66. The Kier molecular flexibility index (Phi) is 4.15. The average molecular weight is 228 g/mol. The van der Waals surface area contributed by atoms with E-state index in [0.29, 0.717) is 19.5 Å². The number of alkyl carbamates (subject to hydrolysis) is 1. The number of piperidine rings is 1. The summed E-state index contributed by atoms with van der Waals surface area (Å²) in [6.07, 6.45) is 0.968. The summed E-state index contributed by atoms with van der Waals surface area (Å²) in [6, 6.07) is 0. The molecule has 1 rings (SSSR count). The lowest BCUT2D eigenvalue weighted by Gasteiger charge is -2.24.